The molecule has 110 heavy (non-hydrogen) atoms. The van der Waals surface area contributed by atoms with Gasteiger partial charge in [-0.3, -0.25) is 10.1 Å². The summed E-state index contributed by atoms with van der Waals surface area (Å²) in [6.45, 7) is 18.7. The predicted octanol–water partition coefficient (Wildman–Crippen LogP) is 14.7. The third kappa shape index (κ3) is 44.5. The van der Waals surface area contributed by atoms with Crippen molar-refractivity contribution in [2.24, 2.45) is 0 Å². The normalized spacial score (nSPS) is 10.8. The van der Waals surface area contributed by atoms with Gasteiger partial charge >= 0.3 is 48.2 Å². The lowest BCUT2D eigenvalue weighted by Gasteiger charge is -2.27. The van der Waals surface area contributed by atoms with Crippen LogP contribution >= 0.6 is 11.6 Å². The maximum atomic E-state index is 12.7. The summed E-state index contributed by atoms with van der Waals surface area (Å²) in [6.07, 6.45) is 4.66. The number of rotatable bonds is 22. The average molecular weight is 1530 g/mol. The van der Waals surface area contributed by atoms with Gasteiger partial charge in [0.05, 0.1) is 4.92 Å². The summed E-state index contributed by atoms with van der Waals surface area (Å²) in [5, 5.41) is 48.7. The SMILES string of the molecule is CCN(CC)C(=O)N(CC)CC.CCNC(=O)NCC.CNC(=O)NC.O=C(NC1CC1)NC1CC1.O=C(NCc1ccccc1)NCc1ccc(F)cc1.O=C(NCc1ccccc1)Nc1ccc(Cl)cc1.O=C(NCc1ccccc1)Nc1ccc([N+](=O)[O-])cc1.O=C(NCc1ccccc1)Nc1ccccc1. The monoisotopic (exact) mass is 1530 g/mol. The number of non-ortho nitro benzene ring substituents is 1. The fraction of sp³-hybridized carbons (Fsp3) is 0.309. The van der Waals surface area contributed by atoms with Crippen LogP contribution < -0.4 is 74.4 Å². The quantitative estimate of drug-likeness (QED) is 0.0225. The van der Waals surface area contributed by atoms with Crippen molar-refractivity contribution in [3.05, 3.63) is 273 Å². The molecule has 14 N–H and O–H groups in total. The van der Waals surface area contributed by atoms with Crippen molar-refractivity contribution in [2.75, 3.05) is 69.3 Å². The van der Waals surface area contributed by atoms with E-state index in [9.17, 15) is 52.9 Å². The van der Waals surface area contributed by atoms with Crippen molar-refractivity contribution in [1.29, 1.82) is 0 Å². The average Bonchev–Trinajstić information content (AvgIpc) is 1.77. The second-order valence-corrected chi connectivity index (χ2v) is 24.2. The highest BCUT2D eigenvalue weighted by atomic mass is 35.5. The van der Waals surface area contributed by atoms with Crippen LogP contribution in [0.4, 0.5) is 65.5 Å². The zero-order valence-corrected chi connectivity index (χ0v) is 64.6. The third-order valence-corrected chi connectivity index (χ3v) is 15.3. The van der Waals surface area contributed by atoms with Crippen LogP contribution in [-0.4, -0.2) is 128 Å². The van der Waals surface area contributed by atoms with E-state index in [-0.39, 0.29) is 59.8 Å². The van der Waals surface area contributed by atoms with Gasteiger partial charge < -0.3 is 84.2 Å². The first-order valence-corrected chi connectivity index (χ1v) is 36.7. The van der Waals surface area contributed by atoms with E-state index >= 15 is 0 Å². The highest BCUT2D eigenvalue weighted by Gasteiger charge is 2.27. The van der Waals surface area contributed by atoms with Gasteiger partial charge in [0.2, 0.25) is 0 Å². The van der Waals surface area contributed by atoms with Gasteiger partial charge in [-0.2, -0.15) is 0 Å². The Hall–Kier alpha value is -12.5. The molecule has 0 spiro atoms. The minimum absolute atomic E-state index is 0.0137. The van der Waals surface area contributed by atoms with E-state index < -0.39 is 4.92 Å². The van der Waals surface area contributed by atoms with Gasteiger partial charge in [-0.25, -0.2) is 42.7 Å². The molecule has 16 amide bonds. The third-order valence-electron chi connectivity index (χ3n) is 15.0. The van der Waals surface area contributed by atoms with Gasteiger partial charge in [-0.1, -0.05) is 163 Å². The second kappa shape index (κ2) is 55.9. The van der Waals surface area contributed by atoms with E-state index in [1.54, 1.807) is 50.5 Å². The van der Waals surface area contributed by atoms with E-state index in [1.807, 2.05) is 203 Å². The highest BCUT2D eigenvalue weighted by Crippen LogP contribution is 2.21. The number of halogens is 2. The maximum Gasteiger partial charge on any atom is 0.319 e. The topological polar surface area (TPSA) is 355 Å². The van der Waals surface area contributed by atoms with Crippen LogP contribution in [0.25, 0.3) is 0 Å². The molecule has 27 nitrogen and oxygen atoms in total. The Morgan fingerprint density at radius 3 is 0.936 bits per heavy atom. The van der Waals surface area contributed by atoms with Gasteiger partial charge in [0, 0.05) is 132 Å². The number of anilines is 3. The smallest absolute Gasteiger partial charge is 0.319 e. The van der Waals surface area contributed by atoms with Crippen molar-refractivity contribution in [1.82, 2.24) is 68.3 Å². The molecule has 8 aromatic rings. The van der Waals surface area contributed by atoms with Crippen LogP contribution in [0.15, 0.2) is 224 Å². The number of para-hydroxylation sites is 1. The van der Waals surface area contributed by atoms with Crippen LogP contribution in [0.3, 0.4) is 0 Å². The van der Waals surface area contributed by atoms with Gasteiger partial charge in [0.25, 0.3) is 5.69 Å². The minimum atomic E-state index is -0.487. The molecule has 8 aromatic carbocycles. The van der Waals surface area contributed by atoms with Crippen molar-refractivity contribution < 1.29 is 47.7 Å². The molecule has 0 atom stereocenters. The number of carbonyl (C=O) groups excluding carboxylic acids is 8. The first kappa shape index (κ1) is 91.7. The molecule has 0 bridgehead atoms. The molecule has 0 radical (unpaired) electrons. The molecule has 0 aromatic heterocycles. The summed E-state index contributed by atoms with van der Waals surface area (Å²) < 4.78 is 12.7. The van der Waals surface area contributed by atoms with Crippen LogP contribution in [0, 0.1) is 15.9 Å². The number of carbonyl (C=O) groups is 8. The van der Waals surface area contributed by atoms with Crippen LogP contribution in [0.5, 0.6) is 0 Å². The largest absolute Gasteiger partial charge is 0.341 e. The second-order valence-electron chi connectivity index (χ2n) is 23.7. The summed E-state index contributed by atoms with van der Waals surface area (Å²) >= 11 is 5.76. The lowest BCUT2D eigenvalue weighted by Crippen LogP contribution is -2.42. The number of nitro groups is 1. The Labute approximate surface area is 650 Å². The van der Waals surface area contributed by atoms with E-state index in [1.165, 1.54) is 36.4 Å². The first-order valence-electron chi connectivity index (χ1n) is 36.3. The number of hydrogen-bond acceptors (Lipinski definition) is 10. The predicted molar refractivity (Wildman–Crippen MR) is 435 cm³/mol. The molecule has 2 aliphatic carbocycles. The van der Waals surface area contributed by atoms with Crippen LogP contribution in [0.1, 0.15) is 95.0 Å². The Morgan fingerprint density at radius 1 is 0.373 bits per heavy atom. The molecule has 0 unspecified atom stereocenters. The first-order chi connectivity index (χ1) is 53.1. The van der Waals surface area contributed by atoms with Gasteiger partial charge in [-0.15, -0.1) is 0 Å². The molecule has 2 aliphatic rings. The minimum Gasteiger partial charge on any atom is -0.341 e. The molecule has 0 heterocycles. The molecule has 2 fully saturated rings. The molecule has 0 saturated heterocycles. The van der Waals surface area contributed by atoms with Gasteiger partial charge in [-0.05, 0) is 156 Å². The van der Waals surface area contributed by atoms with Crippen molar-refractivity contribution in [2.45, 2.75) is 112 Å². The Morgan fingerprint density at radius 2 is 0.655 bits per heavy atom. The molecule has 2 saturated carbocycles. The lowest BCUT2D eigenvalue weighted by molar-refractivity contribution is -0.384. The van der Waals surface area contributed by atoms with Crippen LogP contribution in [0.2, 0.25) is 5.02 Å². The number of hydrogen-bond donors (Lipinski definition) is 14. The van der Waals surface area contributed by atoms with Crippen LogP contribution in [-0.2, 0) is 32.7 Å². The van der Waals surface area contributed by atoms with Crippen molar-refractivity contribution in [3.63, 3.8) is 0 Å². The Balaban J connectivity index is 0.000000334. The lowest BCUT2D eigenvalue weighted by atomic mass is 10.2. The van der Waals surface area contributed by atoms with Crippen molar-refractivity contribution >= 4 is 82.6 Å². The summed E-state index contributed by atoms with van der Waals surface area (Å²) in [4.78, 5) is 103. The van der Waals surface area contributed by atoms with Gasteiger partial charge in [0.1, 0.15) is 5.82 Å². The summed E-state index contributed by atoms with van der Waals surface area (Å²) in [6, 6.07) is 66.6. The van der Waals surface area contributed by atoms with Crippen molar-refractivity contribution in [3.8, 4) is 0 Å². The Kier molecular flexibility index (Phi) is 46.6. The standard InChI is InChI=1S/C15H15FN2O.C14H13ClN2O.C14H13N3O3.C14H14N2O.C9H20N2O.C7H12N2O.C5H12N2O.C3H8N2O/c16-14-8-6-13(7-9-14)11-18-15(19)17-10-12-4-2-1-3-5-12;15-12-6-8-13(9-7-12)17-14(18)16-10-11-4-2-1-3-5-11;18-14(15-10-11-4-2-1-3-5-11)16-12-6-8-13(9-7-12)17(19)20;17-14(16-13-9-5-2-6-10-13)15-11-12-7-3-1-4-8-12;1-5-10(6-2)9(12)11(7-3)8-4;10-7(8-5-1-2-5)9-6-3-4-6;1-3-6-5(8)7-4-2;1-4-3(6)5-2/h1-9H,10-11H2,(H2,17,18,19);1-9H,10H2,(H2,16,17,18);1-9H,10H2,(H2,15,16,18);1-10H,11H2,(H2,15,16,17);5-8H2,1-4H3;5-6H,1-4H2,(H2,8,9,10);3-4H2,1-2H3,(H2,6,7,8);1-2H3,(H2,4,5,6). The fourth-order valence-electron chi connectivity index (χ4n) is 8.77. The summed E-state index contributed by atoms with van der Waals surface area (Å²) in [5.41, 5.74) is 7.02. The number of urea groups is 8. The fourth-order valence-corrected chi connectivity index (χ4v) is 8.90. The van der Waals surface area contributed by atoms with E-state index in [2.05, 4.69) is 74.4 Å². The van der Waals surface area contributed by atoms with Gasteiger partial charge in [0.15, 0.2) is 0 Å². The highest BCUT2D eigenvalue weighted by molar-refractivity contribution is 6.30. The maximum absolute atomic E-state index is 12.7. The molecular weight excluding hydrogens is 1430 g/mol. The number of nitrogens with zero attached hydrogens (tertiary/aromatic N) is 3. The Bertz CT molecular complexity index is 3850. The molecule has 0 aliphatic heterocycles. The summed E-state index contributed by atoms with van der Waals surface area (Å²) in [5.74, 6) is -0.280. The van der Waals surface area contributed by atoms with E-state index in [0.29, 0.717) is 74.3 Å². The number of nitrogens with one attached hydrogen (secondary N) is 14. The molecule has 29 heteroatoms. The van der Waals surface area contributed by atoms with E-state index in [0.717, 1.165) is 85.4 Å². The number of benzene rings is 8. The zero-order valence-electron chi connectivity index (χ0n) is 63.8. The van der Waals surface area contributed by atoms with E-state index in [4.69, 9.17) is 11.6 Å². The molecule has 10 rings (SSSR count). The zero-order chi connectivity index (χ0) is 80.5. The molecular formula is C81H107ClFN17O10. The summed E-state index contributed by atoms with van der Waals surface area (Å²) in [7, 11) is 3.14. The molecule has 590 valence electrons. The number of nitro benzene ring substituents is 1. The number of amides is 16.